The highest BCUT2D eigenvalue weighted by Crippen LogP contribution is 2.13. The standard InChI is InChI=1S/C11H13NO2S/c1-3-10-12(4-2)15(13,14)11-8-6-5-7-9-11/h1,5-9H,4,10H2,2H3. The average molecular weight is 223 g/mol. The van der Waals surface area contributed by atoms with Crippen molar-refractivity contribution < 1.29 is 8.42 Å². The van der Waals surface area contributed by atoms with Crippen molar-refractivity contribution in [1.82, 2.24) is 4.31 Å². The van der Waals surface area contributed by atoms with Crippen LogP contribution < -0.4 is 0 Å². The molecule has 4 heteroatoms. The van der Waals surface area contributed by atoms with Crippen LogP contribution in [0.5, 0.6) is 0 Å². The Morgan fingerprint density at radius 2 is 1.93 bits per heavy atom. The molecule has 0 aliphatic heterocycles. The average Bonchev–Trinajstić information content (AvgIpc) is 2.27. The molecule has 80 valence electrons. The van der Waals surface area contributed by atoms with Gasteiger partial charge in [-0.1, -0.05) is 31.0 Å². The van der Waals surface area contributed by atoms with Crippen molar-refractivity contribution in [2.24, 2.45) is 0 Å². The summed E-state index contributed by atoms with van der Waals surface area (Å²) in [5.41, 5.74) is 0. The van der Waals surface area contributed by atoms with E-state index < -0.39 is 10.0 Å². The van der Waals surface area contributed by atoms with Crippen LogP contribution in [-0.4, -0.2) is 25.8 Å². The molecule has 1 aromatic carbocycles. The molecule has 0 saturated heterocycles. The molecule has 0 spiro atoms. The van der Waals surface area contributed by atoms with E-state index in [1.165, 1.54) is 4.31 Å². The lowest BCUT2D eigenvalue weighted by atomic mass is 10.4. The second kappa shape index (κ2) is 4.96. The number of nitrogens with zero attached hydrogens (tertiary/aromatic N) is 1. The Hall–Kier alpha value is -1.31. The van der Waals surface area contributed by atoms with E-state index in [2.05, 4.69) is 5.92 Å². The molecule has 0 aliphatic carbocycles. The molecule has 3 nitrogen and oxygen atoms in total. The quantitative estimate of drug-likeness (QED) is 0.722. The number of terminal acetylenes is 1. The lowest BCUT2D eigenvalue weighted by Gasteiger charge is -2.17. The summed E-state index contributed by atoms with van der Waals surface area (Å²) in [4.78, 5) is 0.280. The third kappa shape index (κ3) is 2.58. The lowest BCUT2D eigenvalue weighted by Crippen LogP contribution is -2.31. The van der Waals surface area contributed by atoms with Crippen molar-refractivity contribution in [3.05, 3.63) is 30.3 Å². The van der Waals surface area contributed by atoms with Crippen molar-refractivity contribution >= 4 is 10.0 Å². The molecule has 0 heterocycles. The van der Waals surface area contributed by atoms with Crippen LogP contribution in [0.15, 0.2) is 35.2 Å². The maximum atomic E-state index is 12.0. The number of hydrogen-bond donors (Lipinski definition) is 0. The molecule has 0 bridgehead atoms. The molecular weight excluding hydrogens is 210 g/mol. The Balaban J connectivity index is 3.08. The minimum Gasteiger partial charge on any atom is -0.207 e. The minimum absolute atomic E-state index is 0.105. The second-order valence-corrected chi connectivity index (χ2v) is 4.89. The monoisotopic (exact) mass is 223 g/mol. The highest BCUT2D eigenvalue weighted by molar-refractivity contribution is 7.89. The molecule has 0 atom stereocenters. The highest BCUT2D eigenvalue weighted by atomic mass is 32.2. The third-order valence-electron chi connectivity index (χ3n) is 2.00. The van der Waals surface area contributed by atoms with Crippen LogP contribution in [0.1, 0.15) is 6.92 Å². The first-order valence-electron chi connectivity index (χ1n) is 4.61. The first-order chi connectivity index (χ1) is 7.12. The van der Waals surface area contributed by atoms with E-state index in [9.17, 15) is 8.42 Å². The van der Waals surface area contributed by atoms with Gasteiger partial charge in [-0.25, -0.2) is 8.42 Å². The van der Waals surface area contributed by atoms with E-state index in [0.717, 1.165) is 0 Å². The van der Waals surface area contributed by atoms with Crippen molar-refractivity contribution in [2.45, 2.75) is 11.8 Å². The summed E-state index contributed by atoms with van der Waals surface area (Å²) in [6, 6.07) is 8.28. The van der Waals surface area contributed by atoms with Gasteiger partial charge in [0.2, 0.25) is 10.0 Å². The summed E-state index contributed by atoms with van der Waals surface area (Å²) in [6.45, 7) is 2.24. The Labute approximate surface area is 90.8 Å². The van der Waals surface area contributed by atoms with Gasteiger partial charge >= 0.3 is 0 Å². The van der Waals surface area contributed by atoms with E-state index in [4.69, 9.17) is 6.42 Å². The van der Waals surface area contributed by atoms with Gasteiger partial charge in [-0.3, -0.25) is 0 Å². The minimum atomic E-state index is -3.42. The summed E-state index contributed by atoms with van der Waals surface area (Å²) in [5.74, 6) is 2.34. The molecule has 0 unspecified atom stereocenters. The van der Waals surface area contributed by atoms with Crippen molar-refractivity contribution in [3.63, 3.8) is 0 Å². The molecule has 0 radical (unpaired) electrons. The lowest BCUT2D eigenvalue weighted by molar-refractivity contribution is 0.464. The zero-order valence-corrected chi connectivity index (χ0v) is 9.37. The largest absolute Gasteiger partial charge is 0.243 e. The molecule has 0 saturated carbocycles. The third-order valence-corrected chi connectivity index (χ3v) is 3.94. The first kappa shape index (κ1) is 11.8. The zero-order chi connectivity index (χ0) is 11.3. The predicted molar refractivity (Wildman–Crippen MR) is 59.7 cm³/mol. The zero-order valence-electron chi connectivity index (χ0n) is 8.55. The summed E-state index contributed by atoms with van der Waals surface area (Å²) in [5, 5.41) is 0. The second-order valence-electron chi connectivity index (χ2n) is 2.95. The molecule has 0 N–H and O–H groups in total. The van der Waals surface area contributed by atoms with Crippen LogP contribution in [0.2, 0.25) is 0 Å². The Kier molecular flexibility index (Phi) is 3.89. The van der Waals surface area contributed by atoms with E-state index in [-0.39, 0.29) is 11.4 Å². The Bertz CT molecular complexity index is 445. The van der Waals surface area contributed by atoms with Gasteiger partial charge in [0.15, 0.2) is 0 Å². The molecule has 15 heavy (non-hydrogen) atoms. The van der Waals surface area contributed by atoms with E-state index in [1.807, 2.05) is 0 Å². The number of hydrogen-bond acceptors (Lipinski definition) is 2. The number of sulfonamides is 1. The molecular formula is C11H13NO2S. The van der Waals surface area contributed by atoms with Crippen molar-refractivity contribution in [1.29, 1.82) is 0 Å². The number of benzene rings is 1. The van der Waals surface area contributed by atoms with Gasteiger partial charge in [0.05, 0.1) is 11.4 Å². The van der Waals surface area contributed by atoms with Gasteiger partial charge in [0.1, 0.15) is 0 Å². The van der Waals surface area contributed by atoms with Crippen LogP contribution in [0.3, 0.4) is 0 Å². The fourth-order valence-corrected chi connectivity index (χ4v) is 2.59. The van der Waals surface area contributed by atoms with Crippen LogP contribution in [0.4, 0.5) is 0 Å². The van der Waals surface area contributed by atoms with Gasteiger partial charge in [-0.05, 0) is 12.1 Å². The number of rotatable bonds is 4. The SMILES string of the molecule is C#CCN(CC)S(=O)(=O)c1ccccc1. The smallest absolute Gasteiger partial charge is 0.207 e. The maximum absolute atomic E-state index is 12.0. The van der Waals surface area contributed by atoms with Gasteiger partial charge in [-0.2, -0.15) is 4.31 Å². The van der Waals surface area contributed by atoms with Crippen molar-refractivity contribution in [3.8, 4) is 12.3 Å². The first-order valence-corrected chi connectivity index (χ1v) is 6.05. The summed E-state index contributed by atoms with van der Waals surface area (Å²) in [6.07, 6.45) is 5.12. The van der Waals surface area contributed by atoms with E-state index in [1.54, 1.807) is 37.3 Å². The molecule has 1 rings (SSSR count). The van der Waals surface area contributed by atoms with Crippen LogP contribution in [-0.2, 0) is 10.0 Å². The normalized spacial score (nSPS) is 11.3. The van der Waals surface area contributed by atoms with Crippen LogP contribution in [0, 0.1) is 12.3 Å². The topological polar surface area (TPSA) is 37.4 Å². The van der Waals surface area contributed by atoms with Gasteiger partial charge < -0.3 is 0 Å². The molecule has 0 aliphatic rings. The van der Waals surface area contributed by atoms with Gasteiger partial charge in [0.25, 0.3) is 0 Å². The Morgan fingerprint density at radius 3 is 2.40 bits per heavy atom. The molecule has 0 fully saturated rings. The maximum Gasteiger partial charge on any atom is 0.243 e. The fourth-order valence-electron chi connectivity index (χ4n) is 1.21. The van der Waals surface area contributed by atoms with Crippen molar-refractivity contribution in [2.75, 3.05) is 13.1 Å². The Morgan fingerprint density at radius 1 is 1.33 bits per heavy atom. The van der Waals surface area contributed by atoms with E-state index >= 15 is 0 Å². The molecule has 0 aromatic heterocycles. The predicted octanol–water partition coefficient (Wildman–Crippen LogP) is 1.33. The van der Waals surface area contributed by atoms with E-state index in [0.29, 0.717) is 6.54 Å². The van der Waals surface area contributed by atoms with Gasteiger partial charge in [0, 0.05) is 6.54 Å². The fraction of sp³-hybridized carbons (Fsp3) is 0.273. The molecule has 1 aromatic rings. The van der Waals surface area contributed by atoms with Crippen LogP contribution in [0.25, 0.3) is 0 Å². The highest BCUT2D eigenvalue weighted by Gasteiger charge is 2.21. The summed E-state index contributed by atoms with van der Waals surface area (Å²) >= 11 is 0. The van der Waals surface area contributed by atoms with Crippen LogP contribution >= 0.6 is 0 Å². The summed E-state index contributed by atoms with van der Waals surface area (Å²) < 4.78 is 25.2. The summed E-state index contributed by atoms with van der Waals surface area (Å²) in [7, 11) is -3.42. The molecule has 0 amide bonds. The van der Waals surface area contributed by atoms with Gasteiger partial charge in [-0.15, -0.1) is 6.42 Å².